The van der Waals surface area contributed by atoms with Gasteiger partial charge in [0.2, 0.25) is 5.91 Å². The normalized spacial score (nSPS) is 25.9. The van der Waals surface area contributed by atoms with Gasteiger partial charge in [-0.2, -0.15) is 0 Å². The SMILES string of the molecule is CCN(C(=O)CN1CCNCC1c1ccccc1Cl)C1CCS(=O)(=O)C1. The van der Waals surface area contributed by atoms with Crippen molar-refractivity contribution in [2.45, 2.75) is 25.4 Å². The largest absolute Gasteiger partial charge is 0.338 e. The maximum Gasteiger partial charge on any atom is 0.237 e. The van der Waals surface area contributed by atoms with Crippen LogP contribution in [0.3, 0.4) is 0 Å². The molecule has 144 valence electrons. The van der Waals surface area contributed by atoms with Crippen LogP contribution in [0.1, 0.15) is 24.9 Å². The van der Waals surface area contributed by atoms with Crippen LogP contribution < -0.4 is 5.32 Å². The lowest BCUT2D eigenvalue weighted by Gasteiger charge is -2.38. The predicted octanol–water partition coefficient (Wildman–Crippen LogP) is 1.32. The van der Waals surface area contributed by atoms with E-state index in [2.05, 4.69) is 10.2 Å². The summed E-state index contributed by atoms with van der Waals surface area (Å²) in [6, 6.07) is 7.56. The Balaban J connectivity index is 1.72. The van der Waals surface area contributed by atoms with Crippen molar-refractivity contribution in [2.24, 2.45) is 0 Å². The predicted molar refractivity (Wildman–Crippen MR) is 103 cm³/mol. The summed E-state index contributed by atoms with van der Waals surface area (Å²) in [6.07, 6.45) is 0.539. The molecule has 0 bridgehead atoms. The maximum absolute atomic E-state index is 12.9. The zero-order valence-corrected chi connectivity index (χ0v) is 16.6. The molecule has 2 atom stereocenters. The lowest BCUT2D eigenvalue weighted by molar-refractivity contribution is -0.134. The van der Waals surface area contributed by atoms with Crippen LogP contribution in [0.2, 0.25) is 5.02 Å². The summed E-state index contributed by atoms with van der Waals surface area (Å²) in [5.41, 5.74) is 1.01. The molecule has 6 nitrogen and oxygen atoms in total. The number of halogens is 1. The number of carbonyl (C=O) groups is 1. The van der Waals surface area contributed by atoms with Crippen LogP contribution in [0.25, 0.3) is 0 Å². The Morgan fingerprint density at radius 3 is 2.81 bits per heavy atom. The first kappa shape index (κ1) is 19.6. The van der Waals surface area contributed by atoms with Crippen molar-refractivity contribution in [2.75, 3.05) is 44.2 Å². The highest BCUT2D eigenvalue weighted by molar-refractivity contribution is 7.91. The monoisotopic (exact) mass is 399 g/mol. The fourth-order valence-corrected chi connectivity index (χ4v) is 5.90. The molecule has 1 aromatic carbocycles. The van der Waals surface area contributed by atoms with E-state index in [9.17, 15) is 13.2 Å². The molecule has 3 rings (SSSR count). The van der Waals surface area contributed by atoms with Crippen LogP contribution in [-0.2, 0) is 14.6 Å². The molecule has 0 aliphatic carbocycles. The van der Waals surface area contributed by atoms with Crippen LogP contribution in [0.15, 0.2) is 24.3 Å². The highest BCUT2D eigenvalue weighted by Crippen LogP contribution is 2.28. The average Bonchev–Trinajstić information content (AvgIpc) is 2.96. The van der Waals surface area contributed by atoms with Gasteiger partial charge in [-0.25, -0.2) is 8.42 Å². The van der Waals surface area contributed by atoms with Crippen molar-refractivity contribution in [3.05, 3.63) is 34.9 Å². The van der Waals surface area contributed by atoms with E-state index in [0.717, 1.165) is 25.2 Å². The number of piperazine rings is 1. The molecular formula is C18H26ClN3O3S. The van der Waals surface area contributed by atoms with E-state index in [0.29, 0.717) is 18.0 Å². The van der Waals surface area contributed by atoms with Crippen LogP contribution in [0.4, 0.5) is 0 Å². The molecule has 2 unspecified atom stereocenters. The minimum atomic E-state index is -3.01. The van der Waals surface area contributed by atoms with Gasteiger partial charge in [0.1, 0.15) is 0 Å². The van der Waals surface area contributed by atoms with Crippen molar-refractivity contribution in [1.82, 2.24) is 15.1 Å². The van der Waals surface area contributed by atoms with Gasteiger partial charge >= 0.3 is 0 Å². The van der Waals surface area contributed by atoms with E-state index in [1.54, 1.807) is 4.90 Å². The van der Waals surface area contributed by atoms with Gasteiger partial charge in [0.05, 0.1) is 18.1 Å². The number of amides is 1. The second-order valence-corrected chi connectivity index (χ2v) is 9.58. The van der Waals surface area contributed by atoms with Crippen molar-refractivity contribution in [3.63, 3.8) is 0 Å². The molecule has 2 fully saturated rings. The van der Waals surface area contributed by atoms with Crippen LogP contribution >= 0.6 is 11.6 Å². The second kappa shape index (κ2) is 8.25. The van der Waals surface area contributed by atoms with E-state index in [1.807, 2.05) is 31.2 Å². The summed E-state index contributed by atoms with van der Waals surface area (Å²) in [5.74, 6) is 0.257. The van der Waals surface area contributed by atoms with Crippen LogP contribution in [0, 0.1) is 0 Å². The Morgan fingerprint density at radius 2 is 2.15 bits per heavy atom. The Bertz CT molecular complexity index is 756. The van der Waals surface area contributed by atoms with Crippen LogP contribution in [-0.4, -0.2) is 74.4 Å². The number of carbonyl (C=O) groups excluding carboxylic acids is 1. The molecule has 1 aromatic rings. The first-order chi connectivity index (χ1) is 12.4. The number of hydrogen-bond donors (Lipinski definition) is 1. The second-order valence-electron chi connectivity index (χ2n) is 6.95. The molecule has 1 amide bonds. The van der Waals surface area contributed by atoms with E-state index in [-0.39, 0.29) is 36.0 Å². The van der Waals surface area contributed by atoms with Gasteiger partial charge in [0, 0.05) is 43.3 Å². The molecule has 2 heterocycles. The minimum Gasteiger partial charge on any atom is -0.338 e. The third-order valence-corrected chi connectivity index (χ3v) is 7.36. The number of nitrogens with zero attached hydrogens (tertiary/aromatic N) is 2. The van der Waals surface area contributed by atoms with Crippen molar-refractivity contribution in [3.8, 4) is 0 Å². The molecule has 0 saturated carbocycles. The minimum absolute atomic E-state index is 0.00597. The van der Waals surface area contributed by atoms with Gasteiger partial charge < -0.3 is 10.2 Å². The van der Waals surface area contributed by atoms with E-state index < -0.39 is 9.84 Å². The average molecular weight is 400 g/mol. The highest BCUT2D eigenvalue weighted by atomic mass is 35.5. The molecule has 2 aliphatic rings. The molecule has 0 radical (unpaired) electrons. The number of likely N-dealkylation sites (N-methyl/N-ethyl adjacent to an activating group) is 1. The third kappa shape index (κ3) is 4.39. The molecule has 0 spiro atoms. The highest BCUT2D eigenvalue weighted by Gasteiger charge is 2.35. The lowest BCUT2D eigenvalue weighted by atomic mass is 10.0. The molecule has 26 heavy (non-hydrogen) atoms. The molecule has 0 aromatic heterocycles. The topological polar surface area (TPSA) is 69.7 Å². The number of hydrogen-bond acceptors (Lipinski definition) is 5. The molecule has 1 N–H and O–H groups in total. The molecular weight excluding hydrogens is 374 g/mol. The fraction of sp³-hybridized carbons (Fsp3) is 0.611. The molecule has 8 heteroatoms. The van der Waals surface area contributed by atoms with Gasteiger partial charge in [0.25, 0.3) is 0 Å². The number of sulfone groups is 1. The zero-order valence-electron chi connectivity index (χ0n) is 15.0. The van der Waals surface area contributed by atoms with E-state index in [1.165, 1.54) is 0 Å². The summed E-state index contributed by atoms with van der Waals surface area (Å²) in [6.45, 7) is 5.03. The van der Waals surface area contributed by atoms with Crippen molar-refractivity contribution < 1.29 is 13.2 Å². The first-order valence-corrected chi connectivity index (χ1v) is 11.3. The standard InChI is InChI=1S/C18H26ClN3O3S/c1-2-22(14-7-10-26(24,25)13-14)18(23)12-21-9-8-20-11-17(21)15-5-3-4-6-16(15)19/h3-6,14,17,20H,2,7-13H2,1H3. The molecule has 2 aliphatic heterocycles. The maximum atomic E-state index is 12.9. The number of benzene rings is 1. The van der Waals surface area contributed by atoms with Gasteiger partial charge in [-0.15, -0.1) is 0 Å². The van der Waals surface area contributed by atoms with Gasteiger partial charge in [-0.05, 0) is 25.0 Å². The van der Waals surface area contributed by atoms with E-state index in [4.69, 9.17) is 11.6 Å². The Kier molecular flexibility index (Phi) is 6.22. The third-order valence-electron chi connectivity index (χ3n) is 5.27. The lowest BCUT2D eigenvalue weighted by Crippen LogP contribution is -2.52. The smallest absolute Gasteiger partial charge is 0.237 e. The van der Waals surface area contributed by atoms with E-state index >= 15 is 0 Å². The summed E-state index contributed by atoms with van der Waals surface area (Å²) in [4.78, 5) is 16.8. The Morgan fingerprint density at radius 1 is 1.38 bits per heavy atom. The fourth-order valence-electron chi connectivity index (χ4n) is 3.91. The van der Waals surface area contributed by atoms with Gasteiger partial charge in [-0.3, -0.25) is 9.69 Å². The van der Waals surface area contributed by atoms with Crippen LogP contribution in [0.5, 0.6) is 0 Å². The summed E-state index contributed by atoms with van der Waals surface area (Å²) in [5, 5.41) is 4.07. The molecule has 2 saturated heterocycles. The summed E-state index contributed by atoms with van der Waals surface area (Å²) < 4.78 is 23.6. The Hall–Kier alpha value is -1.15. The number of rotatable bonds is 5. The van der Waals surface area contributed by atoms with Crippen molar-refractivity contribution >= 4 is 27.3 Å². The Labute approximate surface area is 160 Å². The van der Waals surface area contributed by atoms with Gasteiger partial charge in [0.15, 0.2) is 9.84 Å². The van der Waals surface area contributed by atoms with Gasteiger partial charge in [-0.1, -0.05) is 29.8 Å². The summed E-state index contributed by atoms with van der Waals surface area (Å²) >= 11 is 6.37. The summed E-state index contributed by atoms with van der Waals surface area (Å²) in [7, 11) is -3.01. The quantitative estimate of drug-likeness (QED) is 0.808. The zero-order chi connectivity index (χ0) is 18.7. The first-order valence-electron chi connectivity index (χ1n) is 9.10. The number of nitrogens with one attached hydrogen (secondary N) is 1. The van der Waals surface area contributed by atoms with Crippen molar-refractivity contribution in [1.29, 1.82) is 0 Å².